The van der Waals surface area contributed by atoms with Gasteiger partial charge in [0.2, 0.25) is 5.91 Å². The molecule has 0 unspecified atom stereocenters. The van der Waals surface area contributed by atoms with Gasteiger partial charge in [-0.3, -0.25) is 4.79 Å². The van der Waals surface area contributed by atoms with Gasteiger partial charge >= 0.3 is 0 Å². The van der Waals surface area contributed by atoms with E-state index in [1.54, 1.807) is 7.11 Å². The number of aromatic nitrogens is 3. The lowest BCUT2D eigenvalue weighted by Crippen LogP contribution is -2.45. The van der Waals surface area contributed by atoms with Crippen molar-refractivity contribution in [2.45, 2.75) is 37.3 Å². The van der Waals surface area contributed by atoms with Crippen LogP contribution in [-0.2, 0) is 11.8 Å². The quantitative estimate of drug-likeness (QED) is 0.718. The van der Waals surface area contributed by atoms with E-state index in [4.69, 9.17) is 4.74 Å². The van der Waals surface area contributed by atoms with E-state index in [1.807, 2.05) is 35.9 Å². The second-order valence-electron chi connectivity index (χ2n) is 7.79. The normalized spacial score (nSPS) is 22.0. The van der Waals surface area contributed by atoms with Crippen molar-refractivity contribution in [1.29, 1.82) is 0 Å². The van der Waals surface area contributed by atoms with Crippen molar-refractivity contribution in [2.75, 3.05) is 26.0 Å². The molecule has 150 valence electrons. The summed E-state index contributed by atoms with van der Waals surface area (Å²) in [6.07, 6.45) is 6.50. The van der Waals surface area contributed by atoms with Crippen molar-refractivity contribution >= 4 is 17.7 Å². The number of rotatable bonds is 5. The minimum atomic E-state index is 0.218. The summed E-state index contributed by atoms with van der Waals surface area (Å²) in [5, 5.41) is 9.38. The van der Waals surface area contributed by atoms with Crippen LogP contribution < -0.4 is 4.74 Å². The molecule has 4 rings (SSSR count). The van der Waals surface area contributed by atoms with E-state index >= 15 is 0 Å². The van der Waals surface area contributed by atoms with Crippen molar-refractivity contribution in [3.8, 4) is 17.1 Å². The average molecular weight is 401 g/mol. The maximum absolute atomic E-state index is 12.8. The van der Waals surface area contributed by atoms with Crippen LogP contribution in [0.1, 0.15) is 32.1 Å². The highest BCUT2D eigenvalue weighted by Crippen LogP contribution is 2.36. The van der Waals surface area contributed by atoms with Crippen LogP contribution >= 0.6 is 11.8 Å². The first kappa shape index (κ1) is 19.3. The fourth-order valence-corrected chi connectivity index (χ4v) is 5.36. The zero-order valence-corrected chi connectivity index (χ0v) is 17.5. The molecule has 1 aromatic carbocycles. The molecule has 1 saturated carbocycles. The number of thioether (sulfide) groups is 1. The van der Waals surface area contributed by atoms with Crippen LogP contribution in [0.4, 0.5) is 0 Å². The van der Waals surface area contributed by atoms with E-state index in [9.17, 15) is 4.79 Å². The highest BCUT2D eigenvalue weighted by molar-refractivity contribution is 7.99. The Morgan fingerprint density at radius 1 is 1.18 bits per heavy atom. The molecule has 1 aromatic heterocycles. The van der Waals surface area contributed by atoms with Crippen LogP contribution in [0.3, 0.4) is 0 Å². The van der Waals surface area contributed by atoms with E-state index in [-0.39, 0.29) is 5.91 Å². The number of amides is 1. The van der Waals surface area contributed by atoms with Gasteiger partial charge in [-0.2, -0.15) is 0 Å². The summed E-state index contributed by atoms with van der Waals surface area (Å²) < 4.78 is 7.37. The molecule has 2 aromatic rings. The summed E-state index contributed by atoms with van der Waals surface area (Å²) in [7, 11) is 3.58. The molecule has 0 spiro atoms. The summed E-state index contributed by atoms with van der Waals surface area (Å²) >= 11 is 1.46. The number of nitrogens with zero attached hydrogens (tertiary/aromatic N) is 4. The first-order valence-corrected chi connectivity index (χ1v) is 11.1. The van der Waals surface area contributed by atoms with E-state index < -0.39 is 0 Å². The van der Waals surface area contributed by atoms with E-state index in [0.717, 1.165) is 41.3 Å². The average Bonchev–Trinajstić information content (AvgIpc) is 3.11. The Kier molecular flexibility index (Phi) is 5.90. The summed E-state index contributed by atoms with van der Waals surface area (Å²) in [4.78, 5) is 14.8. The van der Waals surface area contributed by atoms with Crippen molar-refractivity contribution in [2.24, 2.45) is 18.9 Å². The van der Waals surface area contributed by atoms with Gasteiger partial charge in [0.15, 0.2) is 11.0 Å². The third-order valence-corrected chi connectivity index (χ3v) is 7.16. The van der Waals surface area contributed by atoms with E-state index in [1.165, 1.54) is 43.9 Å². The number of para-hydroxylation sites is 1. The number of carbonyl (C=O) groups is 1. The zero-order chi connectivity index (χ0) is 19.5. The Hall–Kier alpha value is -2.02. The fraction of sp³-hybridized carbons (Fsp3) is 0.571. The van der Waals surface area contributed by atoms with Gasteiger partial charge in [0, 0.05) is 20.1 Å². The Labute approximate surface area is 170 Å². The monoisotopic (exact) mass is 400 g/mol. The number of hydrogen-bond acceptors (Lipinski definition) is 5. The highest BCUT2D eigenvalue weighted by Gasteiger charge is 2.32. The Balaban J connectivity index is 1.39. The molecule has 0 radical (unpaired) electrons. The Morgan fingerprint density at radius 3 is 2.79 bits per heavy atom. The predicted molar refractivity (Wildman–Crippen MR) is 110 cm³/mol. The first-order valence-electron chi connectivity index (χ1n) is 10.1. The zero-order valence-electron chi connectivity index (χ0n) is 16.6. The molecule has 0 bridgehead atoms. The maximum atomic E-state index is 12.8. The third kappa shape index (κ3) is 3.90. The van der Waals surface area contributed by atoms with Gasteiger partial charge in [0.05, 0.1) is 18.4 Å². The molecule has 1 aliphatic carbocycles. The molecule has 6 nitrogen and oxygen atoms in total. The SMILES string of the molecule is COc1ccccc1-c1nnc(SCC(=O)N2CC[C@@H]3CCCC[C@H]3C2)n1C. The molecular weight excluding hydrogens is 372 g/mol. The molecule has 1 amide bonds. The van der Waals surface area contributed by atoms with Gasteiger partial charge in [-0.25, -0.2) is 0 Å². The Bertz CT molecular complexity index is 838. The standard InChI is InChI=1S/C21H28N4O2S/c1-24-20(17-9-5-6-10-18(17)27-2)22-23-21(24)28-14-19(26)25-12-11-15-7-3-4-8-16(15)13-25/h5-6,9-10,15-16H,3-4,7-8,11-14H2,1-2H3/t15-,16-/m0/s1. The van der Waals surface area contributed by atoms with Crippen LogP contribution in [0.15, 0.2) is 29.4 Å². The molecular formula is C21H28N4O2S. The van der Waals surface area contributed by atoms with Gasteiger partial charge < -0.3 is 14.2 Å². The lowest BCUT2D eigenvalue weighted by Gasteiger charge is -2.41. The lowest BCUT2D eigenvalue weighted by atomic mass is 9.75. The minimum Gasteiger partial charge on any atom is -0.496 e. The maximum Gasteiger partial charge on any atom is 0.233 e. The summed E-state index contributed by atoms with van der Waals surface area (Å²) in [6, 6.07) is 7.77. The second-order valence-corrected chi connectivity index (χ2v) is 8.73. The van der Waals surface area contributed by atoms with Crippen molar-refractivity contribution in [1.82, 2.24) is 19.7 Å². The topological polar surface area (TPSA) is 60.3 Å². The van der Waals surface area contributed by atoms with Gasteiger partial charge in [0.1, 0.15) is 5.75 Å². The molecule has 2 aliphatic rings. The third-order valence-electron chi connectivity index (χ3n) is 6.15. The van der Waals surface area contributed by atoms with Crippen molar-refractivity contribution in [3.63, 3.8) is 0 Å². The molecule has 28 heavy (non-hydrogen) atoms. The number of hydrogen-bond donors (Lipinski definition) is 0. The number of methoxy groups -OCH3 is 1. The van der Waals surface area contributed by atoms with Gasteiger partial charge in [-0.1, -0.05) is 43.2 Å². The predicted octanol–water partition coefficient (Wildman–Crippen LogP) is 3.62. The summed E-state index contributed by atoms with van der Waals surface area (Å²) in [5.74, 6) is 3.69. The largest absolute Gasteiger partial charge is 0.496 e. The first-order chi connectivity index (χ1) is 13.7. The smallest absolute Gasteiger partial charge is 0.233 e. The van der Waals surface area contributed by atoms with Gasteiger partial charge in [0.25, 0.3) is 0 Å². The number of piperidine rings is 1. The fourth-order valence-electron chi connectivity index (χ4n) is 4.55. The van der Waals surface area contributed by atoms with E-state index in [2.05, 4.69) is 15.1 Å². The lowest BCUT2D eigenvalue weighted by molar-refractivity contribution is -0.131. The van der Waals surface area contributed by atoms with Crippen LogP contribution in [0.25, 0.3) is 11.4 Å². The minimum absolute atomic E-state index is 0.218. The Morgan fingerprint density at radius 2 is 1.96 bits per heavy atom. The van der Waals surface area contributed by atoms with Crippen LogP contribution in [0, 0.1) is 11.8 Å². The molecule has 2 fully saturated rings. The summed E-state index contributed by atoms with van der Waals surface area (Å²) in [6.45, 7) is 1.85. The number of likely N-dealkylation sites (tertiary alicyclic amines) is 1. The number of ether oxygens (including phenoxy) is 1. The second kappa shape index (κ2) is 8.55. The summed E-state index contributed by atoms with van der Waals surface area (Å²) in [5.41, 5.74) is 0.901. The molecule has 1 saturated heterocycles. The molecule has 1 aliphatic heterocycles. The molecule has 7 heteroatoms. The highest BCUT2D eigenvalue weighted by atomic mass is 32.2. The molecule has 2 heterocycles. The molecule has 2 atom stereocenters. The number of benzene rings is 1. The van der Waals surface area contributed by atoms with Crippen LogP contribution in [-0.4, -0.2) is 51.5 Å². The number of carbonyl (C=O) groups excluding carboxylic acids is 1. The van der Waals surface area contributed by atoms with Gasteiger partial charge in [-0.15, -0.1) is 10.2 Å². The van der Waals surface area contributed by atoms with E-state index in [0.29, 0.717) is 11.7 Å². The van der Waals surface area contributed by atoms with Crippen molar-refractivity contribution < 1.29 is 9.53 Å². The number of fused-ring (bicyclic) bond motifs is 1. The van der Waals surface area contributed by atoms with Crippen LogP contribution in [0.2, 0.25) is 0 Å². The van der Waals surface area contributed by atoms with Crippen LogP contribution in [0.5, 0.6) is 5.75 Å². The van der Waals surface area contributed by atoms with Gasteiger partial charge in [-0.05, 0) is 36.8 Å². The molecule has 0 N–H and O–H groups in total. The van der Waals surface area contributed by atoms with Crippen molar-refractivity contribution in [3.05, 3.63) is 24.3 Å².